The van der Waals surface area contributed by atoms with E-state index in [0.29, 0.717) is 5.92 Å². The van der Waals surface area contributed by atoms with Crippen LogP contribution in [0.25, 0.3) is 0 Å². The maximum Gasteiger partial charge on any atom is 0.238 e. The summed E-state index contributed by atoms with van der Waals surface area (Å²) in [5.41, 5.74) is 0. The number of aliphatic hydroxyl groups excluding tert-OH is 1. The maximum atomic E-state index is 9.55. The number of hydrogen-bond donors (Lipinski definition) is 2. The van der Waals surface area contributed by atoms with Crippen molar-refractivity contribution >= 4 is 33.9 Å². The molecule has 1 unspecified atom stereocenters. The van der Waals surface area contributed by atoms with Crippen LogP contribution < -0.4 is 10.2 Å². The molecule has 3 rings (SSSR count). The Morgan fingerprint density at radius 3 is 2.80 bits per heavy atom. The second kappa shape index (κ2) is 5.67. The Morgan fingerprint density at radius 2 is 2.25 bits per heavy atom. The number of anilines is 2. The van der Waals surface area contributed by atoms with Crippen molar-refractivity contribution in [3.05, 3.63) is 22.4 Å². The highest BCUT2D eigenvalue weighted by Crippen LogP contribution is 2.41. The van der Waals surface area contributed by atoms with E-state index in [1.165, 1.54) is 16.4 Å². The fourth-order valence-electron chi connectivity index (χ4n) is 2.38. The van der Waals surface area contributed by atoms with Crippen molar-refractivity contribution < 1.29 is 5.11 Å². The molecule has 2 N–H and O–H groups in total. The van der Waals surface area contributed by atoms with Crippen LogP contribution in [0.4, 0.5) is 11.1 Å². The van der Waals surface area contributed by atoms with Gasteiger partial charge >= 0.3 is 0 Å². The normalized spacial score (nSPS) is 23.1. The SMILES string of the molecule is CN(C)c1nsc(NC(c2cccs2)C2CC(O)C2)n1. The molecule has 0 saturated heterocycles. The predicted octanol–water partition coefficient (Wildman–Crippen LogP) is 2.59. The highest BCUT2D eigenvalue weighted by atomic mass is 32.1. The summed E-state index contributed by atoms with van der Waals surface area (Å²) in [6.45, 7) is 0. The highest BCUT2D eigenvalue weighted by Gasteiger charge is 2.35. The first-order chi connectivity index (χ1) is 9.63. The van der Waals surface area contributed by atoms with Crippen LogP contribution in [0.3, 0.4) is 0 Å². The van der Waals surface area contributed by atoms with Gasteiger partial charge in [0.25, 0.3) is 0 Å². The molecule has 1 atom stereocenters. The summed E-state index contributed by atoms with van der Waals surface area (Å²) in [4.78, 5) is 7.68. The quantitative estimate of drug-likeness (QED) is 0.889. The average Bonchev–Trinajstić information content (AvgIpc) is 3.03. The molecular weight excluding hydrogens is 292 g/mol. The van der Waals surface area contributed by atoms with Crippen LogP contribution in [0, 0.1) is 5.92 Å². The van der Waals surface area contributed by atoms with Gasteiger partial charge in [0.2, 0.25) is 11.1 Å². The summed E-state index contributed by atoms with van der Waals surface area (Å²) in [6, 6.07) is 4.43. The lowest BCUT2D eigenvalue weighted by Gasteiger charge is -2.37. The molecule has 1 fully saturated rings. The Kier molecular flexibility index (Phi) is 3.91. The maximum absolute atomic E-state index is 9.55. The first-order valence-corrected chi connectivity index (χ1v) is 8.28. The van der Waals surface area contributed by atoms with Crippen LogP contribution >= 0.6 is 22.9 Å². The van der Waals surface area contributed by atoms with Gasteiger partial charge in [0, 0.05) is 30.5 Å². The Hall–Kier alpha value is -1.18. The van der Waals surface area contributed by atoms with E-state index in [0.717, 1.165) is 23.9 Å². The molecule has 7 heteroatoms. The molecule has 0 aromatic carbocycles. The number of nitrogens with zero attached hydrogens (tertiary/aromatic N) is 3. The lowest BCUT2D eigenvalue weighted by atomic mass is 9.77. The molecular formula is C13H18N4OS2. The van der Waals surface area contributed by atoms with E-state index in [1.807, 2.05) is 19.0 Å². The van der Waals surface area contributed by atoms with Gasteiger partial charge in [-0.05, 0) is 30.2 Å². The van der Waals surface area contributed by atoms with Crippen molar-refractivity contribution in [1.29, 1.82) is 0 Å². The Bertz CT molecular complexity index is 548. The molecule has 0 radical (unpaired) electrons. The average molecular weight is 310 g/mol. The van der Waals surface area contributed by atoms with E-state index in [1.54, 1.807) is 11.3 Å². The van der Waals surface area contributed by atoms with Crippen molar-refractivity contribution in [3.8, 4) is 0 Å². The number of aliphatic hydroxyl groups is 1. The van der Waals surface area contributed by atoms with Gasteiger partial charge in [-0.15, -0.1) is 11.3 Å². The molecule has 1 aliphatic carbocycles. The zero-order chi connectivity index (χ0) is 14.1. The van der Waals surface area contributed by atoms with E-state index in [9.17, 15) is 5.11 Å². The van der Waals surface area contributed by atoms with Crippen LogP contribution in [-0.4, -0.2) is 34.7 Å². The molecule has 0 aliphatic heterocycles. The van der Waals surface area contributed by atoms with Crippen LogP contribution in [-0.2, 0) is 0 Å². The fourth-order valence-corrected chi connectivity index (χ4v) is 3.92. The standard InChI is InChI=1S/C13H18N4OS2/c1-17(2)12-15-13(20-16-12)14-11(8-6-9(18)7-8)10-4-3-5-19-10/h3-5,8-9,11,18H,6-7H2,1-2H3,(H,14,15,16). The number of hydrogen-bond acceptors (Lipinski definition) is 7. The lowest BCUT2D eigenvalue weighted by Crippen LogP contribution is -2.35. The molecule has 2 aromatic rings. The second-order valence-electron chi connectivity index (χ2n) is 5.32. The first-order valence-electron chi connectivity index (χ1n) is 6.62. The summed E-state index contributed by atoms with van der Waals surface area (Å²) in [5.74, 6) is 1.20. The molecule has 1 saturated carbocycles. The largest absolute Gasteiger partial charge is 0.393 e. The van der Waals surface area contributed by atoms with Crippen molar-refractivity contribution in [3.63, 3.8) is 0 Å². The van der Waals surface area contributed by atoms with E-state index in [4.69, 9.17) is 0 Å². The van der Waals surface area contributed by atoms with Gasteiger partial charge in [0.1, 0.15) is 0 Å². The van der Waals surface area contributed by atoms with E-state index >= 15 is 0 Å². The zero-order valence-electron chi connectivity index (χ0n) is 11.5. The minimum Gasteiger partial charge on any atom is -0.393 e. The number of thiophene rings is 1. The van der Waals surface area contributed by atoms with Crippen molar-refractivity contribution in [2.75, 3.05) is 24.3 Å². The van der Waals surface area contributed by atoms with Gasteiger partial charge in [0.15, 0.2) is 0 Å². The van der Waals surface area contributed by atoms with E-state index < -0.39 is 0 Å². The number of rotatable bonds is 5. The third kappa shape index (κ3) is 2.79. The molecule has 1 aliphatic rings. The van der Waals surface area contributed by atoms with Gasteiger partial charge in [-0.2, -0.15) is 9.36 Å². The van der Waals surface area contributed by atoms with Crippen molar-refractivity contribution in [2.45, 2.75) is 25.0 Å². The molecule has 0 spiro atoms. The first kappa shape index (κ1) is 13.8. The zero-order valence-corrected chi connectivity index (χ0v) is 13.1. The molecule has 2 aromatic heterocycles. The summed E-state index contributed by atoms with van der Waals surface area (Å²) in [6.07, 6.45) is 1.57. The van der Waals surface area contributed by atoms with E-state index in [-0.39, 0.29) is 12.1 Å². The Labute approximate surface area is 126 Å². The Morgan fingerprint density at radius 1 is 1.45 bits per heavy atom. The summed E-state index contributed by atoms with van der Waals surface area (Å²) >= 11 is 3.13. The third-order valence-electron chi connectivity index (χ3n) is 3.57. The monoisotopic (exact) mass is 310 g/mol. The molecule has 20 heavy (non-hydrogen) atoms. The van der Waals surface area contributed by atoms with E-state index in [2.05, 4.69) is 32.2 Å². The van der Waals surface area contributed by atoms with Gasteiger partial charge < -0.3 is 15.3 Å². The van der Waals surface area contributed by atoms with Crippen molar-refractivity contribution in [1.82, 2.24) is 9.36 Å². The fraction of sp³-hybridized carbons (Fsp3) is 0.538. The lowest BCUT2D eigenvalue weighted by molar-refractivity contribution is 0.0344. The molecule has 2 heterocycles. The highest BCUT2D eigenvalue weighted by molar-refractivity contribution is 7.10. The molecule has 108 valence electrons. The molecule has 0 bridgehead atoms. The van der Waals surface area contributed by atoms with Crippen LogP contribution in [0.15, 0.2) is 17.5 Å². The van der Waals surface area contributed by atoms with Gasteiger partial charge in [-0.3, -0.25) is 0 Å². The topological polar surface area (TPSA) is 61.3 Å². The predicted molar refractivity (Wildman–Crippen MR) is 83.6 cm³/mol. The van der Waals surface area contributed by atoms with Gasteiger partial charge in [-0.1, -0.05) is 6.07 Å². The van der Waals surface area contributed by atoms with Crippen LogP contribution in [0.1, 0.15) is 23.8 Å². The van der Waals surface area contributed by atoms with Gasteiger partial charge in [0.05, 0.1) is 12.1 Å². The minimum absolute atomic E-state index is 0.143. The molecule has 5 nitrogen and oxygen atoms in total. The van der Waals surface area contributed by atoms with Crippen LogP contribution in [0.2, 0.25) is 0 Å². The summed E-state index contributed by atoms with van der Waals surface area (Å²) in [7, 11) is 3.87. The van der Waals surface area contributed by atoms with Crippen LogP contribution in [0.5, 0.6) is 0 Å². The Balaban J connectivity index is 1.75. The third-order valence-corrected chi connectivity index (χ3v) is 5.16. The second-order valence-corrected chi connectivity index (χ2v) is 7.05. The van der Waals surface area contributed by atoms with Crippen molar-refractivity contribution in [2.24, 2.45) is 5.92 Å². The minimum atomic E-state index is -0.143. The smallest absolute Gasteiger partial charge is 0.238 e. The number of aromatic nitrogens is 2. The molecule has 0 amide bonds. The number of nitrogens with one attached hydrogen (secondary N) is 1. The van der Waals surface area contributed by atoms with Gasteiger partial charge in [-0.25, -0.2) is 0 Å². The summed E-state index contributed by atoms with van der Waals surface area (Å²) < 4.78 is 4.32. The summed E-state index contributed by atoms with van der Waals surface area (Å²) in [5, 5.41) is 16.0.